The number of nitrogens with one attached hydrogen (secondary N) is 1. The normalized spacial score (nSPS) is 21.5. The fourth-order valence-corrected chi connectivity index (χ4v) is 2.91. The second kappa shape index (κ2) is 6.02. The Morgan fingerprint density at radius 2 is 2.14 bits per heavy atom. The van der Waals surface area contributed by atoms with Gasteiger partial charge in [0.05, 0.1) is 0 Å². The van der Waals surface area contributed by atoms with E-state index in [2.05, 4.69) is 5.32 Å². The Labute approximate surface area is 124 Å². The lowest BCUT2D eigenvalue weighted by Crippen LogP contribution is -2.42. The molecule has 1 saturated carbocycles. The van der Waals surface area contributed by atoms with E-state index < -0.39 is 11.7 Å². The van der Waals surface area contributed by atoms with Gasteiger partial charge in [-0.2, -0.15) is 0 Å². The number of aromatic hydroxyl groups is 1. The van der Waals surface area contributed by atoms with E-state index in [4.69, 9.17) is 0 Å². The third-order valence-electron chi connectivity index (χ3n) is 4.27. The van der Waals surface area contributed by atoms with Crippen LogP contribution in [0.2, 0.25) is 0 Å². The van der Waals surface area contributed by atoms with Crippen molar-refractivity contribution in [1.82, 2.24) is 10.2 Å². The first-order chi connectivity index (χ1) is 10.1. The number of benzene rings is 1. The van der Waals surface area contributed by atoms with E-state index in [-0.39, 0.29) is 17.4 Å². The number of phenolic OH excluding ortho intramolecular Hbond substituents is 1. The molecule has 114 valence electrons. The maximum Gasteiger partial charge on any atom is 0.260 e. The topological polar surface area (TPSA) is 52.6 Å². The lowest BCUT2D eigenvalue weighted by molar-refractivity contribution is 0.0725. The van der Waals surface area contributed by atoms with Crippen molar-refractivity contribution in [3.63, 3.8) is 0 Å². The van der Waals surface area contributed by atoms with Gasteiger partial charge in [0.15, 0.2) is 0 Å². The van der Waals surface area contributed by atoms with Crippen LogP contribution in [0.3, 0.4) is 0 Å². The Bertz CT molecular complexity index is 505. The van der Waals surface area contributed by atoms with Gasteiger partial charge < -0.3 is 15.3 Å². The van der Waals surface area contributed by atoms with E-state index in [1.807, 2.05) is 0 Å². The standard InChI is InChI=1S/C16H21FN2O2/c17-13-4-1-5-14(20)15(13)16(21)19(9-11-6-7-11)10-12-3-2-8-18-12/h1,4-5,11-12,18,20H,2-3,6-10H2. The summed E-state index contributed by atoms with van der Waals surface area (Å²) >= 11 is 0. The molecule has 4 nitrogen and oxygen atoms in total. The minimum absolute atomic E-state index is 0.198. The highest BCUT2D eigenvalue weighted by Gasteiger charge is 2.31. The van der Waals surface area contributed by atoms with Gasteiger partial charge in [-0.3, -0.25) is 4.79 Å². The zero-order chi connectivity index (χ0) is 14.8. The lowest BCUT2D eigenvalue weighted by atomic mass is 10.1. The molecule has 1 saturated heterocycles. The summed E-state index contributed by atoms with van der Waals surface area (Å²) in [6.07, 6.45) is 4.41. The maximum atomic E-state index is 13.9. The largest absolute Gasteiger partial charge is 0.507 e. The van der Waals surface area contributed by atoms with Crippen LogP contribution in [0.4, 0.5) is 4.39 Å². The Kier molecular flexibility index (Phi) is 4.10. The molecule has 2 aliphatic rings. The molecule has 1 aromatic carbocycles. The number of phenols is 1. The van der Waals surface area contributed by atoms with Crippen LogP contribution in [0.1, 0.15) is 36.0 Å². The molecule has 1 aliphatic heterocycles. The zero-order valence-electron chi connectivity index (χ0n) is 12.0. The first kappa shape index (κ1) is 14.3. The number of nitrogens with zero attached hydrogens (tertiary/aromatic N) is 1. The first-order valence-corrected chi connectivity index (χ1v) is 7.65. The van der Waals surface area contributed by atoms with Gasteiger partial charge >= 0.3 is 0 Å². The van der Waals surface area contributed by atoms with Crippen molar-refractivity contribution < 1.29 is 14.3 Å². The average Bonchev–Trinajstić information content (AvgIpc) is 3.11. The van der Waals surface area contributed by atoms with Crippen LogP contribution in [0, 0.1) is 11.7 Å². The van der Waals surface area contributed by atoms with Gasteiger partial charge in [-0.1, -0.05) is 6.07 Å². The van der Waals surface area contributed by atoms with E-state index in [0.717, 1.165) is 32.2 Å². The SMILES string of the molecule is O=C(c1c(O)cccc1F)N(CC1CC1)CC1CCCN1. The number of rotatable bonds is 5. The van der Waals surface area contributed by atoms with Crippen LogP contribution in [0.5, 0.6) is 5.75 Å². The summed E-state index contributed by atoms with van der Waals surface area (Å²) in [6, 6.07) is 4.27. The molecule has 0 bridgehead atoms. The summed E-state index contributed by atoms with van der Waals surface area (Å²) in [5.74, 6) is -0.796. The van der Waals surface area contributed by atoms with Crippen LogP contribution < -0.4 is 5.32 Å². The molecule has 21 heavy (non-hydrogen) atoms. The van der Waals surface area contributed by atoms with Gasteiger partial charge in [0.1, 0.15) is 17.1 Å². The van der Waals surface area contributed by atoms with Crippen molar-refractivity contribution in [3.05, 3.63) is 29.6 Å². The number of carbonyl (C=O) groups is 1. The summed E-state index contributed by atoms with van der Waals surface area (Å²) in [5, 5.41) is 13.2. The van der Waals surface area contributed by atoms with Gasteiger partial charge in [0, 0.05) is 19.1 Å². The fraction of sp³-hybridized carbons (Fsp3) is 0.562. The molecule has 1 atom stereocenters. The van der Waals surface area contributed by atoms with Crippen LogP contribution in [0.25, 0.3) is 0 Å². The van der Waals surface area contributed by atoms with E-state index in [0.29, 0.717) is 19.0 Å². The molecule has 2 fully saturated rings. The molecule has 1 heterocycles. The fourth-order valence-electron chi connectivity index (χ4n) is 2.91. The Morgan fingerprint density at radius 3 is 2.76 bits per heavy atom. The number of amides is 1. The third-order valence-corrected chi connectivity index (χ3v) is 4.27. The summed E-state index contributed by atoms with van der Waals surface area (Å²) in [4.78, 5) is 14.3. The highest BCUT2D eigenvalue weighted by atomic mass is 19.1. The number of hydrogen-bond donors (Lipinski definition) is 2. The molecule has 2 N–H and O–H groups in total. The summed E-state index contributed by atoms with van der Waals surface area (Å²) in [7, 11) is 0. The minimum Gasteiger partial charge on any atom is -0.507 e. The molecule has 1 amide bonds. The number of halogens is 1. The Balaban J connectivity index is 1.78. The summed E-state index contributed by atoms with van der Waals surface area (Å²) in [5.41, 5.74) is -0.198. The minimum atomic E-state index is -0.653. The highest BCUT2D eigenvalue weighted by Crippen LogP contribution is 2.31. The number of carbonyl (C=O) groups excluding carboxylic acids is 1. The van der Waals surface area contributed by atoms with Crippen LogP contribution >= 0.6 is 0 Å². The van der Waals surface area contributed by atoms with Crippen LogP contribution in [-0.2, 0) is 0 Å². The molecular weight excluding hydrogens is 271 g/mol. The third kappa shape index (κ3) is 3.35. The molecule has 0 aromatic heterocycles. The van der Waals surface area contributed by atoms with Crippen molar-refractivity contribution in [2.45, 2.75) is 31.7 Å². The molecule has 0 spiro atoms. The summed E-state index contributed by atoms with van der Waals surface area (Å²) < 4.78 is 13.9. The molecule has 5 heteroatoms. The van der Waals surface area contributed by atoms with E-state index in [1.54, 1.807) is 4.90 Å². The van der Waals surface area contributed by atoms with Gasteiger partial charge in [-0.15, -0.1) is 0 Å². The zero-order valence-corrected chi connectivity index (χ0v) is 12.0. The molecule has 1 unspecified atom stereocenters. The first-order valence-electron chi connectivity index (χ1n) is 7.65. The second-order valence-corrected chi connectivity index (χ2v) is 6.08. The van der Waals surface area contributed by atoms with Gasteiger partial charge in [0.2, 0.25) is 0 Å². The lowest BCUT2D eigenvalue weighted by Gasteiger charge is -2.26. The predicted molar refractivity (Wildman–Crippen MR) is 77.7 cm³/mol. The van der Waals surface area contributed by atoms with E-state index in [9.17, 15) is 14.3 Å². The predicted octanol–water partition coefficient (Wildman–Crippen LogP) is 2.14. The van der Waals surface area contributed by atoms with Crippen molar-refractivity contribution in [3.8, 4) is 5.75 Å². The van der Waals surface area contributed by atoms with E-state index in [1.165, 1.54) is 18.2 Å². The van der Waals surface area contributed by atoms with Crippen LogP contribution in [-0.4, -0.2) is 41.6 Å². The Morgan fingerprint density at radius 1 is 1.33 bits per heavy atom. The maximum absolute atomic E-state index is 13.9. The molecule has 1 aromatic rings. The van der Waals surface area contributed by atoms with Crippen LogP contribution in [0.15, 0.2) is 18.2 Å². The monoisotopic (exact) mass is 292 g/mol. The molecule has 3 rings (SSSR count). The van der Waals surface area contributed by atoms with Gasteiger partial charge in [-0.05, 0) is 50.3 Å². The summed E-state index contributed by atoms with van der Waals surface area (Å²) in [6.45, 7) is 2.22. The van der Waals surface area contributed by atoms with E-state index >= 15 is 0 Å². The number of hydrogen-bond acceptors (Lipinski definition) is 3. The van der Waals surface area contributed by atoms with Crippen molar-refractivity contribution in [2.75, 3.05) is 19.6 Å². The highest BCUT2D eigenvalue weighted by molar-refractivity contribution is 5.97. The molecule has 1 aliphatic carbocycles. The van der Waals surface area contributed by atoms with Crippen molar-refractivity contribution >= 4 is 5.91 Å². The van der Waals surface area contributed by atoms with Crippen molar-refractivity contribution in [1.29, 1.82) is 0 Å². The quantitative estimate of drug-likeness (QED) is 0.874. The van der Waals surface area contributed by atoms with Gasteiger partial charge in [0.25, 0.3) is 5.91 Å². The van der Waals surface area contributed by atoms with Crippen molar-refractivity contribution in [2.24, 2.45) is 5.92 Å². The Hall–Kier alpha value is -1.62. The average molecular weight is 292 g/mol. The second-order valence-electron chi connectivity index (χ2n) is 6.08. The molecular formula is C16H21FN2O2. The smallest absolute Gasteiger partial charge is 0.260 e. The van der Waals surface area contributed by atoms with Gasteiger partial charge in [-0.25, -0.2) is 4.39 Å². The molecule has 0 radical (unpaired) electrons.